The molecule has 0 aliphatic heterocycles. The number of esters is 3. The van der Waals surface area contributed by atoms with E-state index in [9.17, 15) is 14.4 Å². The van der Waals surface area contributed by atoms with Gasteiger partial charge >= 0.3 is 17.9 Å². The lowest BCUT2D eigenvalue weighted by Crippen LogP contribution is -2.30. The van der Waals surface area contributed by atoms with Gasteiger partial charge in [-0.25, -0.2) is 0 Å². The number of ether oxygens (including phenoxy) is 3. The Hall–Kier alpha value is -3.15. The average Bonchev–Trinajstić information content (AvgIpc) is 3.46. The second kappa shape index (κ2) is 68.3. The van der Waals surface area contributed by atoms with Crippen LogP contribution in [0.2, 0.25) is 0 Å². The van der Waals surface area contributed by atoms with Gasteiger partial charge in [-0.05, 0) is 103 Å². The minimum atomic E-state index is -0.780. The number of hydrogen-bond donors (Lipinski definition) is 0. The molecular formula is C74H132O6. The molecule has 6 heteroatoms. The van der Waals surface area contributed by atoms with Gasteiger partial charge in [0, 0.05) is 19.3 Å². The maximum atomic E-state index is 12.9. The van der Waals surface area contributed by atoms with Gasteiger partial charge in [-0.15, -0.1) is 0 Å². The van der Waals surface area contributed by atoms with Gasteiger partial charge < -0.3 is 14.2 Å². The predicted octanol–water partition coefficient (Wildman–Crippen LogP) is 24.1. The van der Waals surface area contributed by atoms with Gasteiger partial charge in [0.2, 0.25) is 0 Å². The van der Waals surface area contributed by atoms with Crippen LogP contribution >= 0.6 is 0 Å². The zero-order valence-corrected chi connectivity index (χ0v) is 53.3. The summed E-state index contributed by atoms with van der Waals surface area (Å²) in [6.07, 6.45) is 89.5. The molecular weight excluding hydrogens is 985 g/mol. The van der Waals surface area contributed by atoms with Crippen molar-refractivity contribution in [3.63, 3.8) is 0 Å². The number of allylic oxidation sites excluding steroid dienone is 12. The Morgan fingerprint density at radius 3 is 0.812 bits per heavy atom. The van der Waals surface area contributed by atoms with Gasteiger partial charge in [-0.3, -0.25) is 14.4 Å². The van der Waals surface area contributed by atoms with E-state index in [2.05, 4.69) is 93.7 Å². The van der Waals surface area contributed by atoms with E-state index in [1.54, 1.807) is 0 Å². The van der Waals surface area contributed by atoms with Crippen molar-refractivity contribution in [3.05, 3.63) is 72.9 Å². The van der Waals surface area contributed by atoms with Crippen LogP contribution in [0.25, 0.3) is 0 Å². The molecule has 0 aromatic heterocycles. The molecule has 0 spiro atoms. The zero-order valence-electron chi connectivity index (χ0n) is 53.3. The van der Waals surface area contributed by atoms with Crippen molar-refractivity contribution in [2.75, 3.05) is 13.2 Å². The molecule has 0 radical (unpaired) electrons. The quantitative estimate of drug-likeness (QED) is 0.0261. The first kappa shape index (κ1) is 76.9. The highest BCUT2D eigenvalue weighted by Gasteiger charge is 2.19. The van der Waals surface area contributed by atoms with Crippen LogP contribution in [-0.4, -0.2) is 37.2 Å². The van der Waals surface area contributed by atoms with Crippen molar-refractivity contribution in [3.8, 4) is 0 Å². The van der Waals surface area contributed by atoms with Crippen molar-refractivity contribution in [1.29, 1.82) is 0 Å². The molecule has 0 saturated carbocycles. The number of carbonyl (C=O) groups is 3. The summed E-state index contributed by atoms with van der Waals surface area (Å²) in [5.74, 6) is -0.876. The molecule has 0 rings (SSSR count). The molecule has 0 aromatic carbocycles. The molecule has 0 saturated heterocycles. The van der Waals surface area contributed by atoms with Crippen molar-refractivity contribution in [2.45, 2.75) is 367 Å². The van der Waals surface area contributed by atoms with Crippen LogP contribution in [-0.2, 0) is 28.6 Å². The lowest BCUT2D eigenvalue weighted by molar-refractivity contribution is -0.167. The Labute approximate surface area is 497 Å². The molecule has 0 N–H and O–H groups in total. The van der Waals surface area contributed by atoms with E-state index in [1.807, 2.05) is 0 Å². The first-order chi connectivity index (χ1) is 39.5. The molecule has 0 aromatic rings. The van der Waals surface area contributed by atoms with Crippen LogP contribution in [0, 0.1) is 0 Å². The lowest BCUT2D eigenvalue weighted by Gasteiger charge is -2.18. The van der Waals surface area contributed by atoms with Gasteiger partial charge in [0.1, 0.15) is 13.2 Å². The normalized spacial score (nSPS) is 12.5. The van der Waals surface area contributed by atoms with E-state index in [1.165, 1.54) is 225 Å². The first-order valence-electron chi connectivity index (χ1n) is 34.9. The van der Waals surface area contributed by atoms with Crippen LogP contribution in [0.15, 0.2) is 72.9 Å². The second-order valence-corrected chi connectivity index (χ2v) is 23.4. The Morgan fingerprint density at radius 2 is 0.500 bits per heavy atom. The fourth-order valence-corrected chi connectivity index (χ4v) is 10.2. The average molecular weight is 1120 g/mol. The Morgan fingerprint density at radius 1 is 0.263 bits per heavy atom. The Bertz CT molecular complexity index is 1470. The molecule has 80 heavy (non-hydrogen) atoms. The smallest absolute Gasteiger partial charge is 0.306 e. The summed E-state index contributed by atoms with van der Waals surface area (Å²) in [5.41, 5.74) is 0. The van der Waals surface area contributed by atoms with Gasteiger partial charge in [0.25, 0.3) is 0 Å². The number of carbonyl (C=O) groups excluding carboxylic acids is 3. The minimum absolute atomic E-state index is 0.0763. The number of unbranched alkanes of at least 4 members (excludes halogenated alkanes) is 41. The van der Waals surface area contributed by atoms with E-state index in [-0.39, 0.29) is 31.1 Å². The third-order valence-electron chi connectivity index (χ3n) is 15.4. The van der Waals surface area contributed by atoms with E-state index in [0.717, 1.165) is 96.3 Å². The van der Waals surface area contributed by atoms with Gasteiger partial charge in [-0.1, -0.05) is 312 Å². The fourth-order valence-electron chi connectivity index (χ4n) is 10.2. The summed E-state index contributed by atoms with van der Waals surface area (Å²) in [4.78, 5) is 38.3. The van der Waals surface area contributed by atoms with Crippen molar-refractivity contribution in [1.82, 2.24) is 0 Å². The SMILES string of the molecule is CC/C=C\C/C=C\C/C=C\C/C=C\CCCCCCCCCCCCCCCCCCCCCCCCC(=O)OCC(COC(=O)CCCCCCC/C=C\CCCC)OC(=O)CCCCCCC/C=C\CCCCCCCCC. The molecule has 0 amide bonds. The molecule has 0 aliphatic carbocycles. The minimum Gasteiger partial charge on any atom is -0.462 e. The molecule has 1 atom stereocenters. The highest BCUT2D eigenvalue weighted by molar-refractivity contribution is 5.71. The van der Waals surface area contributed by atoms with Crippen molar-refractivity contribution >= 4 is 17.9 Å². The number of rotatable bonds is 64. The van der Waals surface area contributed by atoms with Crippen LogP contribution < -0.4 is 0 Å². The molecule has 1 unspecified atom stereocenters. The highest BCUT2D eigenvalue weighted by atomic mass is 16.6. The molecule has 0 aliphatic rings. The highest BCUT2D eigenvalue weighted by Crippen LogP contribution is 2.18. The summed E-state index contributed by atoms with van der Waals surface area (Å²) >= 11 is 0. The van der Waals surface area contributed by atoms with Crippen LogP contribution in [0.4, 0.5) is 0 Å². The summed E-state index contributed by atoms with van der Waals surface area (Å²) in [7, 11) is 0. The monoisotopic (exact) mass is 1120 g/mol. The third-order valence-corrected chi connectivity index (χ3v) is 15.4. The fraction of sp³-hybridized carbons (Fsp3) is 0.797. The van der Waals surface area contributed by atoms with Crippen molar-refractivity contribution in [2.24, 2.45) is 0 Å². The van der Waals surface area contributed by atoms with Crippen molar-refractivity contribution < 1.29 is 28.6 Å². The van der Waals surface area contributed by atoms with E-state index in [0.29, 0.717) is 19.3 Å². The molecule has 0 fully saturated rings. The lowest BCUT2D eigenvalue weighted by atomic mass is 10.0. The van der Waals surface area contributed by atoms with Crippen LogP contribution in [0.5, 0.6) is 0 Å². The molecule has 0 heterocycles. The summed E-state index contributed by atoms with van der Waals surface area (Å²) in [6.45, 7) is 6.52. The predicted molar refractivity (Wildman–Crippen MR) is 348 cm³/mol. The standard InChI is InChI=1S/C74H132O6/c1-4-7-10-13-16-19-22-24-26-28-29-30-31-32-33-34-35-36-37-38-39-40-41-42-43-44-45-46-48-49-52-55-58-61-64-67-73(76)79-70-71(69-78-72(75)66-63-60-57-54-51-21-18-15-12-9-6-3)80-74(77)68-65-62-59-56-53-50-47-27-25-23-20-17-14-11-8-5-2/h7,10,15-16,18-19,24,26-27,29-30,47,71H,4-6,8-9,11-14,17,20-23,25,28,31-46,48-70H2,1-3H3/b10-7-,18-15-,19-16-,26-24-,30-29-,47-27-. The van der Waals surface area contributed by atoms with Crippen LogP contribution in [0.1, 0.15) is 361 Å². The second-order valence-electron chi connectivity index (χ2n) is 23.4. The van der Waals surface area contributed by atoms with E-state index in [4.69, 9.17) is 14.2 Å². The maximum absolute atomic E-state index is 12.9. The molecule has 0 bridgehead atoms. The summed E-state index contributed by atoms with van der Waals surface area (Å²) in [6, 6.07) is 0. The largest absolute Gasteiger partial charge is 0.462 e. The molecule has 464 valence electrons. The zero-order chi connectivity index (χ0) is 57.8. The maximum Gasteiger partial charge on any atom is 0.306 e. The molecule has 6 nitrogen and oxygen atoms in total. The third kappa shape index (κ3) is 65.7. The number of hydrogen-bond acceptors (Lipinski definition) is 6. The van der Waals surface area contributed by atoms with Crippen LogP contribution in [0.3, 0.4) is 0 Å². The van der Waals surface area contributed by atoms with Gasteiger partial charge in [-0.2, -0.15) is 0 Å². The Kier molecular flexibility index (Phi) is 65.7. The first-order valence-corrected chi connectivity index (χ1v) is 34.9. The van der Waals surface area contributed by atoms with Gasteiger partial charge in [0.15, 0.2) is 6.10 Å². The summed E-state index contributed by atoms with van der Waals surface area (Å²) < 4.78 is 16.9. The van der Waals surface area contributed by atoms with E-state index >= 15 is 0 Å². The van der Waals surface area contributed by atoms with E-state index < -0.39 is 6.10 Å². The Balaban J connectivity index is 4.05. The topological polar surface area (TPSA) is 78.9 Å². The summed E-state index contributed by atoms with van der Waals surface area (Å²) in [5, 5.41) is 0. The van der Waals surface area contributed by atoms with Gasteiger partial charge in [0.05, 0.1) is 0 Å².